The van der Waals surface area contributed by atoms with Crippen LogP contribution in [0.1, 0.15) is 48.0 Å². The van der Waals surface area contributed by atoms with Gasteiger partial charge in [0.05, 0.1) is 12.6 Å². The molecule has 1 atom stereocenters. The number of amidine groups is 1. The van der Waals surface area contributed by atoms with E-state index in [0.717, 1.165) is 26.1 Å². The molecule has 2 N–H and O–H groups in total. The second kappa shape index (κ2) is 6.63. The van der Waals surface area contributed by atoms with Crippen LogP contribution in [-0.2, 0) is 4.79 Å². The van der Waals surface area contributed by atoms with Crippen LogP contribution in [0.25, 0.3) is 0 Å². The van der Waals surface area contributed by atoms with Gasteiger partial charge in [-0.15, -0.1) is 0 Å². The fraction of sp³-hybridized carbons (Fsp3) is 0.778. The molecule has 5 nitrogen and oxygen atoms in total. The van der Waals surface area contributed by atoms with Gasteiger partial charge in [0.15, 0.2) is 0 Å². The van der Waals surface area contributed by atoms with E-state index in [1.807, 2.05) is 0 Å². The molecule has 0 spiro atoms. The molecule has 0 saturated carbocycles. The molecule has 1 amide bonds. The quantitative estimate of drug-likeness (QED) is 0.864. The Morgan fingerprint density at radius 1 is 1.35 bits per heavy atom. The van der Waals surface area contributed by atoms with E-state index in [9.17, 15) is 4.79 Å². The first-order chi connectivity index (χ1) is 10.6. The largest absolute Gasteiger partial charge is 0.369 e. The predicted molar refractivity (Wildman–Crippen MR) is 95.2 cm³/mol. The summed E-state index contributed by atoms with van der Waals surface area (Å²) >= 11 is 0. The van der Waals surface area contributed by atoms with Crippen LogP contribution in [0.3, 0.4) is 0 Å². The van der Waals surface area contributed by atoms with Crippen molar-refractivity contribution in [2.24, 2.45) is 22.1 Å². The number of piperazine rings is 1. The molecule has 1 saturated heterocycles. The topological polar surface area (TPSA) is 61.9 Å². The van der Waals surface area contributed by atoms with Crippen LogP contribution in [0.15, 0.2) is 16.3 Å². The summed E-state index contributed by atoms with van der Waals surface area (Å²) in [6, 6.07) is 0.206. The van der Waals surface area contributed by atoms with Crippen molar-refractivity contribution in [1.82, 2.24) is 9.80 Å². The summed E-state index contributed by atoms with van der Waals surface area (Å²) in [5.41, 5.74) is 8.26. The molecular weight excluding hydrogens is 288 g/mol. The van der Waals surface area contributed by atoms with Gasteiger partial charge in [-0.05, 0) is 16.9 Å². The lowest BCUT2D eigenvalue weighted by Gasteiger charge is -2.46. The van der Waals surface area contributed by atoms with E-state index in [1.165, 1.54) is 17.1 Å². The monoisotopic (exact) mass is 320 g/mol. The van der Waals surface area contributed by atoms with Gasteiger partial charge in [0, 0.05) is 31.8 Å². The van der Waals surface area contributed by atoms with Crippen molar-refractivity contribution < 1.29 is 4.79 Å². The van der Waals surface area contributed by atoms with Crippen LogP contribution in [0.4, 0.5) is 0 Å². The van der Waals surface area contributed by atoms with Gasteiger partial charge in [-0.1, -0.05) is 41.5 Å². The first-order valence-electron chi connectivity index (χ1n) is 8.73. The number of rotatable bonds is 4. The van der Waals surface area contributed by atoms with Crippen molar-refractivity contribution in [3.05, 3.63) is 11.3 Å². The molecule has 130 valence electrons. The Labute approximate surface area is 140 Å². The first-order valence-corrected chi connectivity index (χ1v) is 8.73. The van der Waals surface area contributed by atoms with E-state index in [-0.39, 0.29) is 17.4 Å². The Bertz CT molecular complexity index is 528. The summed E-state index contributed by atoms with van der Waals surface area (Å²) in [4.78, 5) is 21.0. The van der Waals surface area contributed by atoms with Gasteiger partial charge in [0.2, 0.25) is 5.91 Å². The van der Waals surface area contributed by atoms with Crippen LogP contribution in [0.5, 0.6) is 0 Å². The van der Waals surface area contributed by atoms with Crippen molar-refractivity contribution in [3.8, 4) is 0 Å². The summed E-state index contributed by atoms with van der Waals surface area (Å²) in [6.45, 7) is 16.3. The fourth-order valence-corrected chi connectivity index (χ4v) is 3.68. The number of aliphatic imine (C=N–C) groups is 1. The third-order valence-corrected chi connectivity index (χ3v) is 4.69. The minimum absolute atomic E-state index is 0.0884. The molecule has 0 radical (unpaired) electrons. The highest BCUT2D eigenvalue weighted by atomic mass is 16.1. The lowest BCUT2D eigenvalue weighted by atomic mass is 9.76. The lowest BCUT2D eigenvalue weighted by Crippen LogP contribution is -2.53. The highest BCUT2D eigenvalue weighted by Gasteiger charge is 2.39. The summed E-state index contributed by atoms with van der Waals surface area (Å²) in [7, 11) is 0. The summed E-state index contributed by atoms with van der Waals surface area (Å²) in [5.74, 6) is 1.37. The molecule has 2 rings (SSSR count). The van der Waals surface area contributed by atoms with Crippen LogP contribution in [0.2, 0.25) is 0 Å². The predicted octanol–water partition coefficient (Wildman–Crippen LogP) is 2.24. The molecule has 23 heavy (non-hydrogen) atoms. The molecule has 0 aromatic rings. The Balaban J connectivity index is 2.45. The van der Waals surface area contributed by atoms with Gasteiger partial charge in [-0.2, -0.15) is 0 Å². The average molecular weight is 320 g/mol. The number of hydrogen-bond acceptors (Lipinski definition) is 4. The van der Waals surface area contributed by atoms with Crippen molar-refractivity contribution in [1.29, 1.82) is 0 Å². The zero-order chi connectivity index (χ0) is 17.4. The second-order valence-corrected chi connectivity index (χ2v) is 8.05. The third kappa shape index (κ3) is 3.77. The smallest absolute Gasteiger partial charge is 0.231 e. The van der Waals surface area contributed by atoms with Crippen LogP contribution < -0.4 is 5.73 Å². The summed E-state index contributed by atoms with van der Waals surface area (Å²) < 4.78 is 0. The van der Waals surface area contributed by atoms with E-state index in [4.69, 9.17) is 10.7 Å². The average Bonchev–Trinajstić information content (AvgIpc) is 2.43. The van der Waals surface area contributed by atoms with Gasteiger partial charge in [-0.25, -0.2) is 0 Å². The molecule has 2 heterocycles. The van der Waals surface area contributed by atoms with Gasteiger partial charge in [-0.3, -0.25) is 14.7 Å². The van der Waals surface area contributed by atoms with Gasteiger partial charge < -0.3 is 10.6 Å². The highest BCUT2D eigenvalue weighted by molar-refractivity contribution is 5.86. The molecule has 0 unspecified atom stereocenters. The molecule has 2 aliphatic heterocycles. The molecule has 0 aromatic heterocycles. The maximum atomic E-state index is 11.3. The highest BCUT2D eigenvalue weighted by Crippen LogP contribution is 2.39. The minimum Gasteiger partial charge on any atom is -0.369 e. The minimum atomic E-state index is -0.252. The number of primary amides is 1. The zero-order valence-electron chi connectivity index (χ0n) is 15.5. The molecule has 2 aliphatic rings. The van der Waals surface area contributed by atoms with Crippen LogP contribution in [-0.4, -0.2) is 53.8 Å². The van der Waals surface area contributed by atoms with Gasteiger partial charge >= 0.3 is 0 Å². The van der Waals surface area contributed by atoms with Gasteiger partial charge in [0.1, 0.15) is 5.84 Å². The molecule has 0 aliphatic carbocycles. The molecule has 0 aromatic carbocycles. The van der Waals surface area contributed by atoms with Crippen molar-refractivity contribution in [2.45, 2.75) is 54.0 Å². The normalized spacial score (nSPS) is 23.2. The molecule has 5 heteroatoms. The maximum Gasteiger partial charge on any atom is 0.231 e. The first kappa shape index (κ1) is 18.0. The lowest BCUT2D eigenvalue weighted by molar-refractivity contribution is -0.119. The van der Waals surface area contributed by atoms with Crippen molar-refractivity contribution in [2.75, 3.05) is 26.2 Å². The Hall–Kier alpha value is -1.36. The second-order valence-electron chi connectivity index (χ2n) is 8.05. The zero-order valence-corrected chi connectivity index (χ0v) is 15.5. The Morgan fingerprint density at radius 2 is 2.00 bits per heavy atom. The number of nitrogens with zero attached hydrogens (tertiary/aromatic N) is 3. The van der Waals surface area contributed by atoms with E-state index < -0.39 is 0 Å². The Kier molecular flexibility index (Phi) is 5.19. The molecule has 0 bridgehead atoms. The summed E-state index contributed by atoms with van der Waals surface area (Å²) in [5, 5.41) is 0. The fourth-order valence-electron chi connectivity index (χ4n) is 3.68. The maximum absolute atomic E-state index is 11.3. The van der Waals surface area contributed by atoms with Crippen molar-refractivity contribution >= 4 is 11.7 Å². The SMILES string of the molecule is CCC1=N[C@@H](C(C)(C)C)C(C(C)C)=C2CN(CC(N)=O)CCN12. The van der Waals surface area contributed by atoms with Crippen LogP contribution in [0, 0.1) is 11.3 Å². The van der Waals surface area contributed by atoms with Crippen molar-refractivity contribution in [3.63, 3.8) is 0 Å². The number of fused-ring (bicyclic) bond motifs is 1. The van der Waals surface area contributed by atoms with E-state index in [2.05, 4.69) is 51.3 Å². The number of nitrogens with two attached hydrogens (primary N) is 1. The summed E-state index contributed by atoms with van der Waals surface area (Å²) in [6.07, 6.45) is 0.942. The standard InChI is InChI=1S/C18H32N4O/c1-7-15-20-17(18(4,5)6)16(12(2)3)13-10-21(11-14(19)23)8-9-22(13)15/h12,17H,7-11H2,1-6H3,(H2,19,23)/t17-/m1/s1. The van der Waals surface area contributed by atoms with Crippen LogP contribution >= 0.6 is 0 Å². The van der Waals surface area contributed by atoms with E-state index in [1.54, 1.807) is 0 Å². The molecule has 1 fully saturated rings. The van der Waals surface area contributed by atoms with E-state index >= 15 is 0 Å². The number of carbonyl (C=O) groups excluding carboxylic acids is 1. The number of amides is 1. The van der Waals surface area contributed by atoms with Gasteiger partial charge in [0.25, 0.3) is 0 Å². The van der Waals surface area contributed by atoms with E-state index in [0.29, 0.717) is 12.5 Å². The Morgan fingerprint density at radius 3 is 2.48 bits per heavy atom. The third-order valence-electron chi connectivity index (χ3n) is 4.69. The molecular formula is C18H32N4O. The number of hydrogen-bond donors (Lipinski definition) is 1. The number of carbonyl (C=O) groups is 1.